The van der Waals surface area contributed by atoms with Gasteiger partial charge in [-0.3, -0.25) is 14.9 Å². The number of rotatable bonds is 5. The van der Waals surface area contributed by atoms with Crippen molar-refractivity contribution in [3.05, 3.63) is 53.1 Å². The Hall–Kier alpha value is -3.81. The summed E-state index contributed by atoms with van der Waals surface area (Å²) in [5, 5.41) is 2.20. The highest BCUT2D eigenvalue weighted by molar-refractivity contribution is 6.39. The Labute approximate surface area is 167 Å². The number of urea groups is 1. The maximum atomic E-state index is 13.0. The maximum Gasteiger partial charge on any atom is 0.335 e. The molecule has 0 spiro atoms. The predicted octanol–water partition coefficient (Wildman–Crippen LogP) is 2.69. The van der Waals surface area contributed by atoms with E-state index >= 15 is 0 Å². The highest BCUT2D eigenvalue weighted by Crippen LogP contribution is 2.36. The number of imide groups is 2. The van der Waals surface area contributed by atoms with Crippen LogP contribution in [0.25, 0.3) is 6.08 Å². The van der Waals surface area contributed by atoms with E-state index in [0.29, 0.717) is 28.5 Å². The Morgan fingerprint density at radius 3 is 2.17 bits per heavy atom. The number of ether oxygens (including phenoxy) is 3. The molecular weight excluding hydrogens is 376 g/mol. The van der Waals surface area contributed by atoms with Gasteiger partial charge in [0.05, 0.1) is 27.0 Å². The van der Waals surface area contributed by atoms with Gasteiger partial charge < -0.3 is 14.2 Å². The van der Waals surface area contributed by atoms with Crippen LogP contribution in [0.15, 0.2) is 42.0 Å². The molecule has 8 heteroatoms. The van der Waals surface area contributed by atoms with Gasteiger partial charge in [0.15, 0.2) is 11.5 Å². The van der Waals surface area contributed by atoms with Crippen molar-refractivity contribution < 1.29 is 28.6 Å². The average molecular weight is 396 g/mol. The molecule has 1 fully saturated rings. The van der Waals surface area contributed by atoms with Crippen molar-refractivity contribution in [1.82, 2.24) is 5.32 Å². The fraction of sp³-hybridized carbons (Fsp3) is 0.190. The van der Waals surface area contributed by atoms with E-state index < -0.39 is 17.8 Å². The zero-order valence-electron chi connectivity index (χ0n) is 16.4. The van der Waals surface area contributed by atoms with E-state index in [2.05, 4.69) is 5.32 Å². The first-order valence-electron chi connectivity index (χ1n) is 8.67. The smallest absolute Gasteiger partial charge is 0.335 e. The molecule has 0 aromatic heterocycles. The van der Waals surface area contributed by atoms with Crippen LogP contribution in [-0.4, -0.2) is 39.2 Å². The Morgan fingerprint density at radius 2 is 1.55 bits per heavy atom. The molecule has 1 N–H and O–H groups in total. The molecule has 0 unspecified atom stereocenters. The monoisotopic (exact) mass is 396 g/mol. The van der Waals surface area contributed by atoms with Crippen LogP contribution in [0.4, 0.5) is 10.5 Å². The molecule has 29 heavy (non-hydrogen) atoms. The molecule has 0 saturated carbocycles. The zero-order valence-corrected chi connectivity index (χ0v) is 16.4. The van der Waals surface area contributed by atoms with Crippen molar-refractivity contribution in [3.63, 3.8) is 0 Å². The average Bonchev–Trinajstić information content (AvgIpc) is 2.70. The largest absolute Gasteiger partial charge is 0.496 e. The van der Waals surface area contributed by atoms with Gasteiger partial charge in [-0.15, -0.1) is 0 Å². The summed E-state index contributed by atoms with van der Waals surface area (Å²) in [5.74, 6) is -0.324. The molecule has 0 radical (unpaired) electrons. The van der Waals surface area contributed by atoms with Crippen molar-refractivity contribution in [3.8, 4) is 17.2 Å². The minimum absolute atomic E-state index is 0.211. The van der Waals surface area contributed by atoms with Gasteiger partial charge >= 0.3 is 6.03 Å². The van der Waals surface area contributed by atoms with Crippen LogP contribution in [0.2, 0.25) is 0 Å². The van der Waals surface area contributed by atoms with E-state index in [4.69, 9.17) is 14.2 Å². The molecule has 0 atom stereocenters. The van der Waals surface area contributed by atoms with Crippen LogP contribution in [-0.2, 0) is 9.59 Å². The van der Waals surface area contributed by atoms with E-state index in [1.54, 1.807) is 30.3 Å². The van der Waals surface area contributed by atoms with Gasteiger partial charge in [-0.1, -0.05) is 12.1 Å². The number of nitrogens with zero attached hydrogens (tertiary/aromatic N) is 1. The Morgan fingerprint density at radius 1 is 0.897 bits per heavy atom. The third-order valence-electron chi connectivity index (χ3n) is 4.40. The van der Waals surface area contributed by atoms with Crippen molar-refractivity contribution in [2.24, 2.45) is 0 Å². The fourth-order valence-corrected chi connectivity index (χ4v) is 2.98. The van der Waals surface area contributed by atoms with E-state index in [-0.39, 0.29) is 5.57 Å². The topological polar surface area (TPSA) is 94.2 Å². The van der Waals surface area contributed by atoms with Gasteiger partial charge in [0.25, 0.3) is 11.8 Å². The molecule has 8 nitrogen and oxygen atoms in total. The van der Waals surface area contributed by atoms with E-state index in [1.165, 1.54) is 27.4 Å². The summed E-state index contributed by atoms with van der Waals surface area (Å²) in [6.45, 7) is 1.84. The predicted molar refractivity (Wildman–Crippen MR) is 106 cm³/mol. The van der Waals surface area contributed by atoms with Crippen molar-refractivity contribution >= 4 is 29.6 Å². The Bertz CT molecular complexity index is 1030. The van der Waals surface area contributed by atoms with Crippen LogP contribution in [0, 0.1) is 6.92 Å². The zero-order chi connectivity index (χ0) is 21.1. The van der Waals surface area contributed by atoms with Crippen LogP contribution >= 0.6 is 0 Å². The number of benzene rings is 2. The molecule has 1 aliphatic heterocycles. The maximum absolute atomic E-state index is 13.0. The molecule has 1 saturated heterocycles. The number of nitrogens with one attached hydrogen (secondary N) is 1. The van der Waals surface area contributed by atoms with Gasteiger partial charge in [-0.2, -0.15) is 0 Å². The molecule has 3 rings (SSSR count). The summed E-state index contributed by atoms with van der Waals surface area (Å²) >= 11 is 0. The summed E-state index contributed by atoms with van der Waals surface area (Å²) in [6, 6.07) is 9.23. The molecule has 4 amide bonds. The lowest BCUT2D eigenvalue weighted by Crippen LogP contribution is -2.54. The van der Waals surface area contributed by atoms with Crippen LogP contribution in [0.3, 0.4) is 0 Å². The summed E-state index contributed by atoms with van der Waals surface area (Å²) in [6.07, 6.45) is 1.35. The van der Waals surface area contributed by atoms with Crippen LogP contribution in [0.1, 0.15) is 11.1 Å². The normalized spacial score (nSPS) is 15.4. The SMILES string of the molecule is COc1cc(OC)c(OC)cc1/C=C1\C(=O)NC(=O)N(c2cccc(C)c2)C1=O. The number of hydrogen-bond donors (Lipinski definition) is 1. The number of carbonyl (C=O) groups excluding carboxylic acids is 3. The highest BCUT2D eigenvalue weighted by atomic mass is 16.5. The second-order valence-electron chi connectivity index (χ2n) is 6.25. The molecule has 1 heterocycles. The number of aryl methyl sites for hydroxylation is 1. The Balaban J connectivity index is 2.09. The quantitative estimate of drug-likeness (QED) is 0.617. The molecular formula is C21H20N2O6. The molecule has 150 valence electrons. The van der Waals surface area contributed by atoms with Gasteiger partial charge in [0, 0.05) is 11.6 Å². The number of methoxy groups -OCH3 is 3. The summed E-state index contributed by atoms with van der Waals surface area (Å²) < 4.78 is 15.9. The third-order valence-corrected chi connectivity index (χ3v) is 4.40. The number of carbonyl (C=O) groups is 3. The van der Waals surface area contributed by atoms with Gasteiger partial charge in [-0.25, -0.2) is 9.69 Å². The second-order valence-corrected chi connectivity index (χ2v) is 6.25. The number of barbiturate groups is 1. The third kappa shape index (κ3) is 3.77. The molecule has 2 aromatic carbocycles. The molecule has 0 bridgehead atoms. The number of amides is 4. The lowest BCUT2D eigenvalue weighted by molar-refractivity contribution is -0.122. The van der Waals surface area contributed by atoms with Crippen LogP contribution in [0.5, 0.6) is 17.2 Å². The first-order chi connectivity index (χ1) is 13.9. The van der Waals surface area contributed by atoms with Gasteiger partial charge in [0.2, 0.25) is 0 Å². The van der Waals surface area contributed by atoms with E-state index in [1.807, 2.05) is 13.0 Å². The Kier molecular flexibility index (Phi) is 5.54. The summed E-state index contributed by atoms with van der Waals surface area (Å²) in [5.41, 5.74) is 1.44. The lowest BCUT2D eigenvalue weighted by Gasteiger charge is -2.26. The molecule has 0 aliphatic carbocycles. The van der Waals surface area contributed by atoms with Gasteiger partial charge in [0.1, 0.15) is 11.3 Å². The molecule has 1 aliphatic rings. The minimum atomic E-state index is -0.804. The van der Waals surface area contributed by atoms with Crippen molar-refractivity contribution in [1.29, 1.82) is 0 Å². The highest BCUT2D eigenvalue weighted by Gasteiger charge is 2.37. The standard InChI is InChI=1S/C21H20N2O6/c1-12-6-5-7-14(8-12)23-20(25)15(19(24)22-21(23)26)9-13-10-17(28-3)18(29-4)11-16(13)27-2/h5-11H,1-4H3,(H,22,24,26)/b15-9+. The second kappa shape index (κ2) is 8.05. The first-order valence-corrected chi connectivity index (χ1v) is 8.67. The minimum Gasteiger partial charge on any atom is -0.496 e. The van der Waals surface area contributed by atoms with Crippen molar-refractivity contribution in [2.75, 3.05) is 26.2 Å². The number of anilines is 1. The summed E-state index contributed by atoms with van der Waals surface area (Å²) in [4.78, 5) is 38.7. The fourth-order valence-electron chi connectivity index (χ4n) is 2.98. The van der Waals surface area contributed by atoms with Gasteiger partial charge in [-0.05, 0) is 36.8 Å². The number of hydrogen-bond acceptors (Lipinski definition) is 6. The van der Waals surface area contributed by atoms with E-state index in [9.17, 15) is 14.4 Å². The lowest BCUT2D eigenvalue weighted by atomic mass is 10.0. The molecule has 2 aromatic rings. The van der Waals surface area contributed by atoms with Crippen LogP contribution < -0.4 is 24.4 Å². The van der Waals surface area contributed by atoms with E-state index in [0.717, 1.165) is 10.5 Å². The first kappa shape index (κ1) is 19.9. The summed E-state index contributed by atoms with van der Waals surface area (Å²) in [7, 11) is 4.41. The van der Waals surface area contributed by atoms with Crippen molar-refractivity contribution in [2.45, 2.75) is 6.92 Å².